The number of nitrogens with one attached hydrogen (secondary N) is 1. The van der Waals surface area contributed by atoms with E-state index in [9.17, 15) is 8.42 Å². The Labute approximate surface area is 116 Å². The molecule has 1 aromatic carbocycles. The van der Waals surface area contributed by atoms with Gasteiger partial charge in [-0.1, -0.05) is 0 Å². The lowest BCUT2D eigenvalue weighted by Gasteiger charge is -2.25. The molecule has 0 amide bonds. The van der Waals surface area contributed by atoms with Crippen molar-refractivity contribution in [3.05, 3.63) is 22.7 Å². The van der Waals surface area contributed by atoms with Crippen LogP contribution >= 0.6 is 15.9 Å². The van der Waals surface area contributed by atoms with Crippen LogP contribution in [0.5, 0.6) is 0 Å². The zero-order valence-corrected chi connectivity index (χ0v) is 12.9. The molecule has 0 saturated carbocycles. The second-order valence-corrected chi connectivity index (χ2v) is 7.12. The van der Waals surface area contributed by atoms with Gasteiger partial charge in [0.2, 0.25) is 10.0 Å². The topological polar surface area (TPSA) is 81.4 Å². The molecule has 0 fully saturated rings. The van der Waals surface area contributed by atoms with Gasteiger partial charge in [0.1, 0.15) is 0 Å². The van der Waals surface area contributed by atoms with E-state index >= 15 is 0 Å². The lowest BCUT2D eigenvalue weighted by molar-refractivity contribution is 0.141. The second kappa shape index (κ2) is 5.56. The zero-order valence-electron chi connectivity index (χ0n) is 10.5. The number of rotatable bonds is 5. The maximum Gasteiger partial charge on any atom is 0.242 e. The molecule has 0 atom stereocenters. The highest BCUT2D eigenvalue weighted by molar-refractivity contribution is 9.10. The van der Waals surface area contributed by atoms with Crippen LogP contribution in [0.3, 0.4) is 0 Å². The van der Waals surface area contributed by atoms with Crippen molar-refractivity contribution in [3.8, 4) is 0 Å². The predicted octanol–water partition coefficient (Wildman–Crippen LogP) is 1.73. The lowest BCUT2D eigenvalue weighted by Crippen LogP contribution is -2.46. The van der Waals surface area contributed by atoms with Gasteiger partial charge < -0.3 is 10.5 Å². The zero-order chi connectivity index (χ0) is 14.0. The first-order chi connectivity index (χ1) is 8.18. The van der Waals surface area contributed by atoms with Gasteiger partial charge in [0.25, 0.3) is 0 Å². The molecule has 18 heavy (non-hydrogen) atoms. The first-order valence-corrected chi connectivity index (χ1v) is 7.53. The van der Waals surface area contributed by atoms with Crippen LogP contribution in [0.25, 0.3) is 0 Å². The van der Waals surface area contributed by atoms with Crippen LogP contribution in [0.4, 0.5) is 5.69 Å². The Morgan fingerprint density at radius 3 is 2.61 bits per heavy atom. The molecular weight excluding hydrogens is 320 g/mol. The summed E-state index contributed by atoms with van der Waals surface area (Å²) in [6.07, 6.45) is 0. The summed E-state index contributed by atoms with van der Waals surface area (Å²) in [5, 5.41) is 0. The van der Waals surface area contributed by atoms with Gasteiger partial charge in [0.05, 0.1) is 17.0 Å². The minimum atomic E-state index is -3.65. The van der Waals surface area contributed by atoms with Crippen LogP contribution in [0, 0.1) is 0 Å². The van der Waals surface area contributed by atoms with Crippen molar-refractivity contribution in [1.82, 2.24) is 4.72 Å². The highest BCUT2D eigenvalue weighted by Gasteiger charge is 2.27. The summed E-state index contributed by atoms with van der Waals surface area (Å²) in [5.41, 5.74) is 5.30. The molecule has 0 aromatic heterocycles. The number of methoxy groups -OCH3 is 1. The molecular formula is C11H17BrN2O3S. The number of sulfonamides is 1. The van der Waals surface area contributed by atoms with Gasteiger partial charge in [-0.25, -0.2) is 13.1 Å². The lowest BCUT2D eigenvalue weighted by atomic mass is 10.1. The quantitative estimate of drug-likeness (QED) is 0.802. The molecule has 1 aromatic rings. The monoisotopic (exact) mass is 336 g/mol. The number of halogens is 1. The van der Waals surface area contributed by atoms with E-state index in [-0.39, 0.29) is 11.5 Å². The van der Waals surface area contributed by atoms with E-state index in [1.165, 1.54) is 13.2 Å². The molecule has 0 aliphatic carbocycles. The van der Waals surface area contributed by atoms with Crippen molar-refractivity contribution >= 4 is 31.6 Å². The number of ether oxygens (including phenoxy) is 1. The molecule has 0 heterocycles. The Kier molecular flexibility index (Phi) is 4.77. The van der Waals surface area contributed by atoms with Crippen molar-refractivity contribution in [1.29, 1.82) is 0 Å². The standard InChI is InChI=1S/C11H17BrN2O3S/c1-11(2,7-17-3)14-18(15,16)10-6-8(13)4-5-9(10)12/h4-6,14H,7,13H2,1-3H3. The molecule has 5 nitrogen and oxygen atoms in total. The fourth-order valence-corrected chi connectivity index (χ4v) is 3.93. The SMILES string of the molecule is COCC(C)(C)NS(=O)(=O)c1cc(N)ccc1Br. The van der Waals surface area contributed by atoms with Gasteiger partial charge in [0.15, 0.2) is 0 Å². The minimum absolute atomic E-state index is 0.117. The summed E-state index contributed by atoms with van der Waals surface area (Å²) in [5.74, 6) is 0. The molecule has 0 radical (unpaired) electrons. The number of hydrogen-bond acceptors (Lipinski definition) is 4. The number of nitrogen functional groups attached to an aromatic ring is 1. The summed E-state index contributed by atoms with van der Waals surface area (Å²) in [6, 6.07) is 4.64. The maximum atomic E-state index is 12.2. The number of anilines is 1. The average molecular weight is 337 g/mol. The normalized spacial score (nSPS) is 12.7. The molecule has 102 valence electrons. The van der Waals surface area contributed by atoms with Crippen molar-refractivity contribution in [3.63, 3.8) is 0 Å². The second-order valence-electron chi connectivity index (χ2n) is 4.61. The van der Waals surface area contributed by atoms with Crippen molar-refractivity contribution < 1.29 is 13.2 Å². The van der Waals surface area contributed by atoms with E-state index in [0.717, 1.165) is 0 Å². The highest BCUT2D eigenvalue weighted by Crippen LogP contribution is 2.25. The Hall–Kier alpha value is -0.630. The molecule has 0 bridgehead atoms. The molecule has 3 N–H and O–H groups in total. The Bertz CT molecular complexity index is 529. The van der Waals surface area contributed by atoms with Crippen LogP contribution in [0.1, 0.15) is 13.8 Å². The fourth-order valence-electron chi connectivity index (χ4n) is 1.53. The molecule has 7 heteroatoms. The van der Waals surface area contributed by atoms with Gasteiger partial charge in [-0.05, 0) is 48.0 Å². The van der Waals surface area contributed by atoms with Gasteiger partial charge in [-0.2, -0.15) is 0 Å². The predicted molar refractivity (Wildman–Crippen MR) is 74.8 cm³/mol. The Morgan fingerprint density at radius 1 is 1.44 bits per heavy atom. The highest BCUT2D eigenvalue weighted by atomic mass is 79.9. The summed E-state index contributed by atoms with van der Waals surface area (Å²) in [7, 11) is -2.13. The van der Waals surface area contributed by atoms with E-state index in [4.69, 9.17) is 10.5 Å². The van der Waals surface area contributed by atoms with Crippen molar-refractivity contribution in [2.75, 3.05) is 19.5 Å². The molecule has 0 spiro atoms. The third-order valence-electron chi connectivity index (χ3n) is 2.16. The Morgan fingerprint density at radius 2 is 2.06 bits per heavy atom. The fraction of sp³-hybridized carbons (Fsp3) is 0.455. The van der Waals surface area contributed by atoms with Crippen LogP contribution in [0.2, 0.25) is 0 Å². The molecule has 1 rings (SSSR count). The van der Waals surface area contributed by atoms with Gasteiger partial charge in [-0.3, -0.25) is 0 Å². The summed E-state index contributed by atoms with van der Waals surface area (Å²) in [6.45, 7) is 3.76. The maximum absolute atomic E-state index is 12.2. The summed E-state index contributed by atoms with van der Waals surface area (Å²) in [4.78, 5) is 0.117. The van der Waals surface area contributed by atoms with E-state index in [1.807, 2.05) is 0 Å². The molecule has 0 unspecified atom stereocenters. The van der Waals surface area contributed by atoms with Crippen LogP contribution in [0.15, 0.2) is 27.6 Å². The average Bonchev–Trinajstić information content (AvgIpc) is 2.19. The third-order valence-corrected chi connectivity index (χ3v) is 4.85. The largest absolute Gasteiger partial charge is 0.399 e. The van der Waals surface area contributed by atoms with E-state index in [2.05, 4.69) is 20.7 Å². The summed E-state index contributed by atoms with van der Waals surface area (Å²) < 4.78 is 32.5. The van der Waals surface area contributed by atoms with Crippen LogP contribution < -0.4 is 10.5 Å². The summed E-state index contributed by atoms with van der Waals surface area (Å²) >= 11 is 3.21. The molecule has 0 aliphatic rings. The first-order valence-electron chi connectivity index (χ1n) is 5.26. The number of benzene rings is 1. The van der Waals surface area contributed by atoms with E-state index < -0.39 is 15.6 Å². The number of nitrogens with two attached hydrogens (primary N) is 1. The first kappa shape index (κ1) is 15.4. The smallest absolute Gasteiger partial charge is 0.242 e. The van der Waals surface area contributed by atoms with Crippen LogP contribution in [-0.4, -0.2) is 27.7 Å². The van der Waals surface area contributed by atoms with Crippen molar-refractivity contribution in [2.24, 2.45) is 0 Å². The van der Waals surface area contributed by atoms with Crippen molar-refractivity contribution in [2.45, 2.75) is 24.3 Å². The van der Waals surface area contributed by atoms with Gasteiger partial charge >= 0.3 is 0 Å². The van der Waals surface area contributed by atoms with E-state index in [0.29, 0.717) is 10.2 Å². The van der Waals surface area contributed by atoms with E-state index in [1.54, 1.807) is 26.0 Å². The number of hydrogen-bond donors (Lipinski definition) is 2. The Balaban J connectivity index is 3.11. The minimum Gasteiger partial charge on any atom is -0.399 e. The van der Waals surface area contributed by atoms with Gasteiger partial charge in [0, 0.05) is 17.3 Å². The molecule has 0 saturated heterocycles. The van der Waals surface area contributed by atoms with Crippen LogP contribution in [-0.2, 0) is 14.8 Å². The van der Waals surface area contributed by atoms with Gasteiger partial charge in [-0.15, -0.1) is 0 Å². The third kappa shape index (κ3) is 3.94. The molecule has 0 aliphatic heterocycles.